The van der Waals surface area contributed by atoms with E-state index in [0.717, 1.165) is 12.0 Å². The number of nitrogens with one attached hydrogen (secondary N) is 1. The fraction of sp³-hybridized carbons (Fsp3) is 0.286. The van der Waals surface area contributed by atoms with Crippen LogP contribution in [0.1, 0.15) is 61.7 Å². The van der Waals surface area contributed by atoms with Crippen LogP contribution in [0.2, 0.25) is 0 Å². The Kier molecular flexibility index (Phi) is 7.14. The van der Waals surface area contributed by atoms with E-state index in [0.29, 0.717) is 22.6 Å². The lowest BCUT2D eigenvalue weighted by Crippen LogP contribution is -2.30. The van der Waals surface area contributed by atoms with Crippen LogP contribution in [0.4, 0.5) is 5.69 Å². The largest absolute Gasteiger partial charge is 0.481 e. The minimum absolute atomic E-state index is 0.0299. The van der Waals surface area contributed by atoms with Gasteiger partial charge in [-0.15, -0.1) is 0 Å². The third-order valence-corrected chi connectivity index (χ3v) is 5.43. The fourth-order valence-corrected chi connectivity index (χ4v) is 3.43. The van der Waals surface area contributed by atoms with Crippen LogP contribution in [0.15, 0.2) is 72.8 Å². The van der Waals surface area contributed by atoms with E-state index in [1.165, 1.54) is 5.56 Å². The third-order valence-electron chi connectivity index (χ3n) is 5.43. The zero-order valence-corrected chi connectivity index (χ0v) is 19.4. The molecule has 166 valence electrons. The van der Waals surface area contributed by atoms with Gasteiger partial charge >= 0.3 is 0 Å². The standard InChI is InChI=1S/C28H31NO3/c1-6-20-10-7-8-13-25(20)32-19(2)27(31)29-24-12-9-11-22(18-24)26(30)21-14-16-23(17-15-21)28(3,4)5/h7-19H,6H2,1-5H3,(H,29,31)/t19-/m1/s1. The van der Waals surface area contributed by atoms with Crippen molar-refractivity contribution in [2.45, 2.75) is 52.6 Å². The third kappa shape index (κ3) is 5.64. The molecule has 0 aliphatic heterocycles. The van der Waals surface area contributed by atoms with E-state index in [9.17, 15) is 9.59 Å². The number of para-hydroxylation sites is 1. The monoisotopic (exact) mass is 429 g/mol. The number of amides is 1. The minimum atomic E-state index is -0.674. The van der Waals surface area contributed by atoms with Gasteiger partial charge in [-0.2, -0.15) is 0 Å². The van der Waals surface area contributed by atoms with Gasteiger partial charge in [0.15, 0.2) is 11.9 Å². The van der Waals surface area contributed by atoms with Gasteiger partial charge < -0.3 is 10.1 Å². The summed E-state index contributed by atoms with van der Waals surface area (Å²) in [6.07, 6.45) is 0.151. The van der Waals surface area contributed by atoms with Crippen molar-refractivity contribution in [2.24, 2.45) is 0 Å². The predicted molar refractivity (Wildman–Crippen MR) is 130 cm³/mol. The van der Waals surface area contributed by atoms with Gasteiger partial charge in [-0.3, -0.25) is 9.59 Å². The summed E-state index contributed by atoms with van der Waals surface area (Å²) in [7, 11) is 0. The van der Waals surface area contributed by atoms with Gasteiger partial charge in [0.25, 0.3) is 5.91 Å². The van der Waals surface area contributed by atoms with Crippen LogP contribution in [-0.4, -0.2) is 17.8 Å². The second-order valence-corrected chi connectivity index (χ2v) is 8.95. The highest BCUT2D eigenvalue weighted by Gasteiger charge is 2.18. The first-order valence-electron chi connectivity index (χ1n) is 11.0. The molecule has 0 fully saturated rings. The first-order valence-corrected chi connectivity index (χ1v) is 11.0. The highest BCUT2D eigenvalue weighted by atomic mass is 16.5. The normalized spacial score (nSPS) is 12.2. The number of carbonyl (C=O) groups is 2. The molecular weight excluding hydrogens is 398 g/mol. The Hall–Kier alpha value is -3.40. The molecular formula is C28H31NO3. The Morgan fingerprint density at radius 2 is 1.59 bits per heavy atom. The van der Waals surface area contributed by atoms with Gasteiger partial charge in [0.05, 0.1) is 0 Å². The lowest BCUT2D eigenvalue weighted by Gasteiger charge is -2.19. The van der Waals surface area contributed by atoms with E-state index in [-0.39, 0.29) is 17.1 Å². The Morgan fingerprint density at radius 3 is 2.25 bits per heavy atom. The molecule has 0 saturated heterocycles. The van der Waals surface area contributed by atoms with Crippen molar-refractivity contribution in [3.8, 4) is 5.75 Å². The number of ketones is 1. The lowest BCUT2D eigenvalue weighted by atomic mass is 9.86. The van der Waals surface area contributed by atoms with Crippen LogP contribution in [0.25, 0.3) is 0 Å². The Morgan fingerprint density at radius 1 is 0.906 bits per heavy atom. The predicted octanol–water partition coefficient (Wildman–Crippen LogP) is 6.18. The Labute approximate surface area is 190 Å². The maximum absolute atomic E-state index is 13.0. The highest BCUT2D eigenvalue weighted by Crippen LogP contribution is 2.24. The molecule has 0 aliphatic carbocycles. The smallest absolute Gasteiger partial charge is 0.265 e. The van der Waals surface area contributed by atoms with Crippen molar-refractivity contribution >= 4 is 17.4 Å². The molecule has 1 amide bonds. The molecule has 3 rings (SSSR count). The molecule has 0 bridgehead atoms. The van der Waals surface area contributed by atoms with Gasteiger partial charge in [0.2, 0.25) is 0 Å². The van der Waals surface area contributed by atoms with Crippen molar-refractivity contribution in [3.05, 3.63) is 95.1 Å². The average molecular weight is 430 g/mol. The van der Waals surface area contributed by atoms with Gasteiger partial charge in [-0.25, -0.2) is 0 Å². The summed E-state index contributed by atoms with van der Waals surface area (Å²) in [5.41, 5.74) is 3.96. The second-order valence-electron chi connectivity index (χ2n) is 8.95. The minimum Gasteiger partial charge on any atom is -0.481 e. The molecule has 4 heteroatoms. The Bertz CT molecular complexity index is 1090. The second kappa shape index (κ2) is 9.82. The summed E-state index contributed by atoms with van der Waals surface area (Å²) in [6.45, 7) is 10.2. The average Bonchev–Trinajstić information content (AvgIpc) is 2.78. The zero-order valence-electron chi connectivity index (χ0n) is 19.4. The molecule has 1 N–H and O–H groups in total. The number of benzene rings is 3. The number of carbonyl (C=O) groups excluding carboxylic acids is 2. The molecule has 0 heterocycles. The number of aryl methyl sites for hydroxylation is 1. The van der Waals surface area contributed by atoms with Gasteiger partial charge in [-0.05, 0) is 48.1 Å². The molecule has 4 nitrogen and oxygen atoms in total. The van der Waals surface area contributed by atoms with Crippen molar-refractivity contribution in [1.82, 2.24) is 0 Å². The van der Waals surface area contributed by atoms with Crippen LogP contribution in [0, 0.1) is 0 Å². The summed E-state index contributed by atoms with van der Waals surface area (Å²) >= 11 is 0. The van der Waals surface area contributed by atoms with Crippen molar-refractivity contribution in [3.63, 3.8) is 0 Å². The first kappa shape index (κ1) is 23.3. The highest BCUT2D eigenvalue weighted by molar-refractivity contribution is 6.09. The number of rotatable bonds is 7. The summed E-state index contributed by atoms with van der Waals surface area (Å²) < 4.78 is 5.88. The molecule has 0 aromatic heterocycles. The summed E-state index contributed by atoms with van der Waals surface area (Å²) in [4.78, 5) is 25.6. The number of anilines is 1. The summed E-state index contributed by atoms with van der Waals surface area (Å²) in [5, 5.41) is 2.86. The van der Waals surface area contributed by atoms with Crippen LogP contribution in [0.3, 0.4) is 0 Å². The van der Waals surface area contributed by atoms with Gasteiger partial charge in [-0.1, -0.05) is 82.3 Å². The summed E-state index contributed by atoms with van der Waals surface area (Å²) in [5.74, 6) is 0.359. The quantitative estimate of drug-likeness (QED) is 0.456. The Balaban J connectivity index is 1.70. The summed E-state index contributed by atoms with van der Waals surface area (Å²) in [6, 6.07) is 22.4. The van der Waals surface area contributed by atoms with E-state index in [4.69, 9.17) is 4.74 Å². The topological polar surface area (TPSA) is 55.4 Å². The van der Waals surface area contributed by atoms with E-state index < -0.39 is 6.10 Å². The van der Waals surface area contributed by atoms with Gasteiger partial charge in [0, 0.05) is 16.8 Å². The molecule has 0 aliphatic rings. The van der Waals surface area contributed by atoms with Crippen molar-refractivity contribution in [2.75, 3.05) is 5.32 Å². The molecule has 3 aromatic carbocycles. The molecule has 1 atom stereocenters. The molecule has 3 aromatic rings. The van der Waals surface area contributed by atoms with E-state index >= 15 is 0 Å². The van der Waals surface area contributed by atoms with E-state index in [1.54, 1.807) is 31.2 Å². The maximum Gasteiger partial charge on any atom is 0.265 e. The van der Waals surface area contributed by atoms with Crippen LogP contribution in [-0.2, 0) is 16.6 Å². The van der Waals surface area contributed by atoms with E-state index in [2.05, 4.69) is 26.1 Å². The van der Waals surface area contributed by atoms with Crippen LogP contribution in [0.5, 0.6) is 5.75 Å². The van der Waals surface area contributed by atoms with Crippen LogP contribution >= 0.6 is 0 Å². The SMILES string of the molecule is CCc1ccccc1O[C@H](C)C(=O)Nc1cccc(C(=O)c2ccc(C(C)(C)C)cc2)c1. The molecule has 0 spiro atoms. The molecule has 0 radical (unpaired) electrons. The molecule has 0 unspecified atom stereocenters. The van der Waals surface area contributed by atoms with Gasteiger partial charge in [0.1, 0.15) is 5.75 Å². The lowest BCUT2D eigenvalue weighted by molar-refractivity contribution is -0.122. The fourth-order valence-electron chi connectivity index (χ4n) is 3.43. The first-order chi connectivity index (χ1) is 15.2. The van der Waals surface area contributed by atoms with Crippen molar-refractivity contribution < 1.29 is 14.3 Å². The number of ether oxygens (including phenoxy) is 1. The van der Waals surface area contributed by atoms with Crippen molar-refractivity contribution in [1.29, 1.82) is 0 Å². The molecule has 32 heavy (non-hydrogen) atoms. The number of hydrogen-bond acceptors (Lipinski definition) is 3. The van der Waals surface area contributed by atoms with E-state index in [1.807, 2.05) is 55.5 Å². The maximum atomic E-state index is 13.0. The zero-order chi connectivity index (χ0) is 23.3. The molecule has 0 saturated carbocycles. The van der Waals surface area contributed by atoms with Crippen LogP contribution < -0.4 is 10.1 Å². The number of hydrogen-bond donors (Lipinski definition) is 1.